The van der Waals surface area contributed by atoms with Crippen molar-refractivity contribution < 1.29 is 19.4 Å². The van der Waals surface area contributed by atoms with Crippen LogP contribution in [0.15, 0.2) is 12.7 Å². The normalized spacial score (nSPS) is 40.5. The molecule has 4 saturated carbocycles. The SMILES string of the molecule is C=CC(=O)OC12CC3CC(CC(COCC(O)CC)(C3)C1)C2. The number of hydrogen-bond donors (Lipinski definition) is 1. The predicted molar refractivity (Wildman–Crippen MR) is 83.3 cm³/mol. The highest BCUT2D eigenvalue weighted by molar-refractivity contribution is 5.81. The number of hydrogen-bond acceptors (Lipinski definition) is 4. The Labute approximate surface area is 132 Å². The van der Waals surface area contributed by atoms with E-state index in [1.165, 1.54) is 25.3 Å². The Balaban J connectivity index is 1.68. The molecular formula is C18H28O4. The maximum Gasteiger partial charge on any atom is 0.330 e. The van der Waals surface area contributed by atoms with E-state index in [4.69, 9.17) is 9.47 Å². The molecule has 0 saturated heterocycles. The van der Waals surface area contributed by atoms with Crippen molar-refractivity contribution in [3.63, 3.8) is 0 Å². The molecule has 0 aromatic carbocycles. The van der Waals surface area contributed by atoms with Crippen LogP contribution in [0.5, 0.6) is 0 Å². The molecule has 0 heterocycles. The van der Waals surface area contributed by atoms with Gasteiger partial charge in [-0.2, -0.15) is 0 Å². The van der Waals surface area contributed by atoms with Crippen LogP contribution < -0.4 is 0 Å². The molecule has 4 aliphatic rings. The minimum absolute atomic E-state index is 0.138. The summed E-state index contributed by atoms with van der Waals surface area (Å²) in [6, 6.07) is 0. The fraction of sp³-hybridized carbons (Fsp3) is 0.833. The van der Waals surface area contributed by atoms with Gasteiger partial charge >= 0.3 is 5.97 Å². The molecule has 0 radical (unpaired) electrons. The standard InChI is InChI=1S/C18H28O4/c1-3-15(19)10-21-12-17-6-13-5-14(7-17)9-18(8-13,11-17)22-16(20)4-2/h4,13-15,19H,2-3,5-12H2,1H3. The fourth-order valence-corrected chi connectivity index (χ4v) is 5.44. The average molecular weight is 308 g/mol. The summed E-state index contributed by atoms with van der Waals surface area (Å²) in [5.74, 6) is 1.01. The van der Waals surface area contributed by atoms with Crippen molar-refractivity contribution in [1.82, 2.24) is 0 Å². The molecule has 22 heavy (non-hydrogen) atoms. The monoisotopic (exact) mass is 308 g/mol. The summed E-state index contributed by atoms with van der Waals surface area (Å²) in [6.45, 7) is 6.58. The lowest BCUT2D eigenvalue weighted by atomic mass is 9.48. The molecule has 4 heteroatoms. The molecule has 0 amide bonds. The summed E-state index contributed by atoms with van der Waals surface area (Å²) >= 11 is 0. The Kier molecular flexibility index (Phi) is 4.34. The number of carbonyl (C=O) groups excluding carboxylic acids is 1. The van der Waals surface area contributed by atoms with Gasteiger partial charge in [-0.1, -0.05) is 13.5 Å². The van der Waals surface area contributed by atoms with Gasteiger partial charge in [0.1, 0.15) is 5.60 Å². The first-order valence-electron chi connectivity index (χ1n) is 8.59. The Hall–Kier alpha value is -0.870. The molecule has 3 unspecified atom stereocenters. The lowest BCUT2D eigenvalue weighted by Crippen LogP contribution is -2.58. The van der Waals surface area contributed by atoms with E-state index >= 15 is 0 Å². The van der Waals surface area contributed by atoms with Gasteiger partial charge in [0.15, 0.2) is 0 Å². The highest BCUT2D eigenvalue weighted by Gasteiger charge is 2.59. The predicted octanol–water partition coefficient (Wildman–Crippen LogP) is 2.84. The zero-order valence-corrected chi connectivity index (χ0v) is 13.6. The van der Waals surface area contributed by atoms with Crippen LogP contribution in [0.1, 0.15) is 51.9 Å². The third-order valence-electron chi connectivity index (χ3n) is 5.80. The second-order valence-corrected chi connectivity index (χ2v) is 7.85. The van der Waals surface area contributed by atoms with Crippen LogP contribution in [-0.2, 0) is 14.3 Å². The van der Waals surface area contributed by atoms with Crippen molar-refractivity contribution in [2.75, 3.05) is 13.2 Å². The minimum atomic E-state index is -0.374. The van der Waals surface area contributed by atoms with Crippen LogP contribution in [0.25, 0.3) is 0 Å². The van der Waals surface area contributed by atoms with Crippen molar-refractivity contribution in [2.45, 2.75) is 63.6 Å². The second-order valence-electron chi connectivity index (χ2n) is 7.85. The fourth-order valence-electron chi connectivity index (χ4n) is 5.44. The summed E-state index contributed by atoms with van der Waals surface area (Å²) in [7, 11) is 0. The number of carbonyl (C=O) groups is 1. The molecule has 0 aliphatic heterocycles. The molecule has 4 fully saturated rings. The van der Waals surface area contributed by atoms with Gasteiger partial charge in [-0.3, -0.25) is 0 Å². The van der Waals surface area contributed by atoms with Gasteiger partial charge < -0.3 is 14.6 Å². The minimum Gasteiger partial charge on any atom is -0.456 e. The third kappa shape index (κ3) is 3.09. The quantitative estimate of drug-likeness (QED) is 0.580. The van der Waals surface area contributed by atoms with Gasteiger partial charge in [-0.25, -0.2) is 4.79 Å². The van der Waals surface area contributed by atoms with Gasteiger partial charge in [0.05, 0.1) is 19.3 Å². The summed E-state index contributed by atoms with van der Waals surface area (Å²) in [5.41, 5.74) is -0.152. The zero-order valence-electron chi connectivity index (χ0n) is 13.6. The van der Waals surface area contributed by atoms with E-state index in [9.17, 15) is 9.90 Å². The first-order valence-corrected chi connectivity index (χ1v) is 8.59. The highest BCUT2D eigenvalue weighted by atomic mass is 16.6. The number of esters is 1. The molecule has 4 aliphatic carbocycles. The molecule has 0 spiro atoms. The molecule has 0 aromatic heterocycles. The Morgan fingerprint density at radius 1 is 1.36 bits per heavy atom. The summed E-state index contributed by atoms with van der Waals surface area (Å²) < 4.78 is 11.6. The smallest absolute Gasteiger partial charge is 0.330 e. The summed E-state index contributed by atoms with van der Waals surface area (Å²) in [6.07, 6.45) is 8.17. The number of rotatable bonds is 7. The molecule has 124 valence electrons. The number of aliphatic hydroxyl groups is 1. The van der Waals surface area contributed by atoms with Crippen molar-refractivity contribution in [3.05, 3.63) is 12.7 Å². The van der Waals surface area contributed by atoms with E-state index in [0.717, 1.165) is 25.7 Å². The lowest BCUT2D eigenvalue weighted by molar-refractivity contribution is -0.206. The average Bonchev–Trinajstić information content (AvgIpc) is 2.44. The maximum atomic E-state index is 11.7. The van der Waals surface area contributed by atoms with Gasteiger partial charge in [0.2, 0.25) is 0 Å². The first-order chi connectivity index (χ1) is 10.5. The Bertz CT molecular complexity index is 430. The topological polar surface area (TPSA) is 55.8 Å². The molecule has 4 rings (SSSR count). The van der Waals surface area contributed by atoms with E-state index < -0.39 is 0 Å². The van der Waals surface area contributed by atoms with Gasteiger partial charge in [0.25, 0.3) is 0 Å². The molecule has 4 bridgehead atoms. The van der Waals surface area contributed by atoms with Crippen molar-refractivity contribution in [3.8, 4) is 0 Å². The van der Waals surface area contributed by atoms with Crippen molar-refractivity contribution >= 4 is 5.97 Å². The lowest BCUT2D eigenvalue weighted by Gasteiger charge is -2.61. The number of ether oxygens (including phenoxy) is 2. The number of aliphatic hydroxyl groups excluding tert-OH is 1. The largest absolute Gasteiger partial charge is 0.456 e. The van der Waals surface area contributed by atoms with E-state index in [1.54, 1.807) is 0 Å². The molecule has 1 N–H and O–H groups in total. The molecule has 3 atom stereocenters. The molecule has 4 nitrogen and oxygen atoms in total. The van der Waals surface area contributed by atoms with E-state index in [-0.39, 0.29) is 23.1 Å². The van der Waals surface area contributed by atoms with E-state index in [2.05, 4.69) is 6.58 Å². The van der Waals surface area contributed by atoms with Crippen LogP contribution in [0.4, 0.5) is 0 Å². The van der Waals surface area contributed by atoms with Gasteiger partial charge in [-0.05, 0) is 62.2 Å². The maximum absolute atomic E-state index is 11.7. The van der Waals surface area contributed by atoms with E-state index in [1.807, 2.05) is 6.92 Å². The van der Waals surface area contributed by atoms with Crippen LogP contribution in [0.3, 0.4) is 0 Å². The second kappa shape index (κ2) is 5.97. The van der Waals surface area contributed by atoms with Crippen LogP contribution in [0.2, 0.25) is 0 Å². The van der Waals surface area contributed by atoms with E-state index in [0.29, 0.717) is 25.0 Å². The third-order valence-corrected chi connectivity index (χ3v) is 5.80. The summed E-state index contributed by atoms with van der Waals surface area (Å²) in [5, 5.41) is 9.67. The highest BCUT2D eigenvalue weighted by Crippen LogP contribution is 2.62. The molecule has 0 aromatic rings. The van der Waals surface area contributed by atoms with Gasteiger partial charge in [0, 0.05) is 6.08 Å². The Morgan fingerprint density at radius 2 is 2.05 bits per heavy atom. The van der Waals surface area contributed by atoms with Crippen molar-refractivity contribution in [2.24, 2.45) is 17.3 Å². The van der Waals surface area contributed by atoms with Crippen molar-refractivity contribution in [1.29, 1.82) is 0 Å². The van der Waals surface area contributed by atoms with Crippen LogP contribution in [-0.4, -0.2) is 36.0 Å². The Morgan fingerprint density at radius 3 is 2.64 bits per heavy atom. The van der Waals surface area contributed by atoms with Crippen LogP contribution in [0, 0.1) is 17.3 Å². The first kappa shape index (κ1) is 16.0. The van der Waals surface area contributed by atoms with Gasteiger partial charge in [-0.15, -0.1) is 0 Å². The molecular weight excluding hydrogens is 280 g/mol. The zero-order chi connectivity index (χ0) is 15.8. The van der Waals surface area contributed by atoms with Crippen LogP contribution >= 0.6 is 0 Å². The summed E-state index contributed by atoms with van der Waals surface area (Å²) in [4.78, 5) is 11.7.